The molecule has 0 aromatic heterocycles. The minimum atomic E-state index is -4.51. The Hall–Kier alpha value is -0.500. The van der Waals surface area contributed by atoms with E-state index < -0.39 is 30.2 Å². The molecule has 0 saturated carbocycles. The van der Waals surface area contributed by atoms with Crippen LogP contribution in [0.5, 0.6) is 0 Å². The summed E-state index contributed by atoms with van der Waals surface area (Å²) in [6.07, 6.45) is -3.95. The maximum Gasteiger partial charge on any atom is 0.363 e. The number of aliphatic carboxylic acids is 1. The smallest absolute Gasteiger partial charge is 0.363 e. The summed E-state index contributed by atoms with van der Waals surface area (Å²) in [4.78, 5) is 10.1. The van der Waals surface area contributed by atoms with E-state index in [9.17, 15) is 22.4 Å². The molecule has 0 unspecified atom stereocenters. The van der Waals surface area contributed by atoms with Crippen molar-refractivity contribution in [2.75, 3.05) is 5.75 Å². The Labute approximate surface area is 76.5 Å². The summed E-state index contributed by atoms with van der Waals surface area (Å²) in [5, 5.41) is 9.21. The first-order valence-corrected chi connectivity index (χ1v) is 3.72. The van der Waals surface area contributed by atoms with E-state index in [0.717, 1.165) is 5.32 Å². The molecule has 78 valence electrons. The number of rotatable bonds is 5. The minimum Gasteiger partial charge on any atom is -0.480 e. The van der Waals surface area contributed by atoms with Gasteiger partial charge >= 0.3 is 18.4 Å². The standard InChI is InChI=1S/C5H7F4NO2S/c6-4(7)5(8,9)10-2(1-13)3(11)12/h2,4,10,13H,1H2,(H,11,12)/t2-/m0/s1. The molecule has 0 heterocycles. The molecule has 0 aliphatic rings. The molecular formula is C5H7F4NO2S. The van der Waals surface area contributed by atoms with Gasteiger partial charge in [-0.3, -0.25) is 4.79 Å². The average Bonchev–Trinajstić information content (AvgIpc) is 1.99. The number of carboxylic acids is 1. The zero-order valence-electron chi connectivity index (χ0n) is 6.18. The number of halogens is 4. The van der Waals surface area contributed by atoms with Gasteiger partial charge in [0.2, 0.25) is 0 Å². The Morgan fingerprint density at radius 3 is 2.23 bits per heavy atom. The van der Waals surface area contributed by atoms with Crippen molar-refractivity contribution in [2.45, 2.75) is 18.5 Å². The number of alkyl halides is 4. The lowest BCUT2D eigenvalue weighted by Gasteiger charge is -2.20. The number of hydrogen-bond acceptors (Lipinski definition) is 3. The van der Waals surface area contributed by atoms with Gasteiger partial charge in [-0.1, -0.05) is 0 Å². The first kappa shape index (κ1) is 12.5. The fraction of sp³-hybridized carbons (Fsp3) is 0.800. The quantitative estimate of drug-likeness (QED) is 0.366. The van der Waals surface area contributed by atoms with Crippen LogP contribution >= 0.6 is 12.6 Å². The zero-order chi connectivity index (χ0) is 10.6. The van der Waals surface area contributed by atoms with Crippen LogP contribution in [0.2, 0.25) is 0 Å². The van der Waals surface area contributed by atoms with Crippen molar-refractivity contribution in [3.63, 3.8) is 0 Å². The lowest BCUT2D eigenvalue weighted by Crippen LogP contribution is -2.52. The van der Waals surface area contributed by atoms with Crippen LogP contribution in [-0.4, -0.2) is 35.3 Å². The highest BCUT2D eigenvalue weighted by Crippen LogP contribution is 2.20. The van der Waals surface area contributed by atoms with Gasteiger partial charge in [0.15, 0.2) is 0 Å². The normalized spacial score (nSPS) is 14.6. The largest absolute Gasteiger partial charge is 0.480 e. The third-order valence-corrected chi connectivity index (χ3v) is 1.49. The van der Waals surface area contributed by atoms with Crippen molar-refractivity contribution >= 4 is 18.6 Å². The number of thiol groups is 1. The summed E-state index contributed by atoms with van der Waals surface area (Å²) in [5.74, 6) is -2.16. The topological polar surface area (TPSA) is 49.3 Å². The summed E-state index contributed by atoms with van der Waals surface area (Å²) in [7, 11) is 0. The van der Waals surface area contributed by atoms with Crippen molar-refractivity contribution in [3.05, 3.63) is 0 Å². The maximum atomic E-state index is 12.2. The van der Waals surface area contributed by atoms with Crippen molar-refractivity contribution in [1.82, 2.24) is 5.32 Å². The van der Waals surface area contributed by atoms with Gasteiger partial charge in [0.25, 0.3) is 0 Å². The first-order valence-electron chi connectivity index (χ1n) is 3.08. The molecule has 0 aliphatic heterocycles. The summed E-state index contributed by atoms with van der Waals surface area (Å²) >= 11 is 3.41. The molecular weight excluding hydrogens is 214 g/mol. The van der Waals surface area contributed by atoms with Crippen molar-refractivity contribution in [3.8, 4) is 0 Å². The van der Waals surface area contributed by atoms with Crippen LogP contribution in [0.25, 0.3) is 0 Å². The Balaban J connectivity index is 4.30. The highest BCUT2D eigenvalue weighted by molar-refractivity contribution is 7.80. The Bertz CT molecular complexity index is 189. The van der Waals surface area contributed by atoms with Crippen LogP contribution in [0, 0.1) is 0 Å². The molecule has 0 saturated heterocycles. The van der Waals surface area contributed by atoms with Crippen LogP contribution in [0.1, 0.15) is 0 Å². The molecule has 2 N–H and O–H groups in total. The first-order chi connectivity index (χ1) is 5.81. The lowest BCUT2D eigenvalue weighted by atomic mass is 10.3. The van der Waals surface area contributed by atoms with Crippen molar-refractivity contribution < 1.29 is 27.5 Å². The zero-order valence-corrected chi connectivity index (χ0v) is 7.07. The molecule has 13 heavy (non-hydrogen) atoms. The number of carbonyl (C=O) groups is 1. The van der Waals surface area contributed by atoms with Gasteiger partial charge in [-0.05, 0) is 0 Å². The lowest BCUT2D eigenvalue weighted by molar-refractivity contribution is -0.165. The van der Waals surface area contributed by atoms with Gasteiger partial charge in [0.1, 0.15) is 6.04 Å². The van der Waals surface area contributed by atoms with Crippen molar-refractivity contribution in [1.29, 1.82) is 0 Å². The molecule has 8 heteroatoms. The molecule has 0 radical (unpaired) electrons. The number of hydrogen-bond donors (Lipinski definition) is 3. The summed E-state index contributed by atoms with van der Waals surface area (Å²) in [6.45, 7) is 0. The maximum absolute atomic E-state index is 12.2. The van der Waals surface area contributed by atoms with Crippen LogP contribution in [0.3, 0.4) is 0 Å². The molecule has 1 atom stereocenters. The van der Waals surface area contributed by atoms with E-state index in [1.165, 1.54) is 0 Å². The molecule has 0 bridgehead atoms. The van der Waals surface area contributed by atoms with Gasteiger partial charge in [0, 0.05) is 5.75 Å². The summed E-state index contributed by atoms with van der Waals surface area (Å²) < 4.78 is 47.5. The molecule has 0 aromatic carbocycles. The fourth-order valence-electron chi connectivity index (χ4n) is 0.481. The van der Waals surface area contributed by atoms with E-state index in [2.05, 4.69) is 12.6 Å². The molecule has 3 nitrogen and oxygen atoms in total. The van der Waals surface area contributed by atoms with Crippen molar-refractivity contribution in [2.24, 2.45) is 0 Å². The van der Waals surface area contributed by atoms with E-state index in [1.54, 1.807) is 0 Å². The second kappa shape index (κ2) is 4.66. The Kier molecular flexibility index (Phi) is 4.48. The van der Waals surface area contributed by atoms with Gasteiger partial charge in [0.05, 0.1) is 0 Å². The average molecular weight is 221 g/mol. The van der Waals surface area contributed by atoms with Crippen LogP contribution in [-0.2, 0) is 4.79 Å². The Morgan fingerprint density at radius 1 is 1.54 bits per heavy atom. The SMILES string of the molecule is O=C(O)[C@H](CS)NC(F)(F)C(F)F. The van der Waals surface area contributed by atoms with Gasteiger partial charge < -0.3 is 5.11 Å². The van der Waals surface area contributed by atoms with Crippen LogP contribution in [0.4, 0.5) is 17.6 Å². The molecule has 0 spiro atoms. The molecule has 0 aliphatic carbocycles. The van der Waals surface area contributed by atoms with E-state index in [0.29, 0.717) is 0 Å². The van der Waals surface area contributed by atoms with Gasteiger partial charge in [-0.25, -0.2) is 14.1 Å². The molecule has 0 amide bonds. The molecule has 0 fully saturated rings. The number of carboxylic acid groups (broad SMARTS) is 1. The second-order valence-corrected chi connectivity index (χ2v) is 2.51. The van der Waals surface area contributed by atoms with E-state index in [4.69, 9.17) is 5.11 Å². The predicted octanol–water partition coefficient (Wildman–Crippen LogP) is 0.817. The minimum absolute atomic E-state index is 0.502. The molecule has 0 aromatic rings. The molecule has 0 rings (SSSR count). The van der Waals surface area contributed by atoms with Crippen LogP contribution < -0.4 is 5.32 Å². The van der Waals surface area contributed by atoms with E-state index in [1.807, 2.05) is 0 Å². The van der Waals surface area contributed by atoms with Gasteiger partial charge in [-0.15, -0.1) is 0 Å². The predicted molar refractivity (Wildman–Crippen MR) is 39.4 cm³/mol. The number of nitrogens with one attached hydrogen (secondary N) is 1. The summed E-state index contributed by atoms with van der Waals surface area (Å²) in [6, 6.07) is -6.31. The highest BCUT2D eigenvalue weighted by Gasteiger charge is 2.43. The third kappa shape index (κ3) is 3.81. The monoisotopic (exact) mass is 221 g/mol. The Morgan fingerprint density at radius 2 is 2.00 bits per heavy atom. The van der Waals surface area contributed by atoms with Crippen LogP contribution in [0.15, 0.2) is 0 Å². The third-order valence-electron chi connectivity index (χ3n) is 1.12. The van der Waals surface area contributed by atoms with Gasteiger partial charge in [-0.2, -0.15) is 21.4 Å². The fourth-order valence-corrected chi connectivity index (χ4v) is 0.728. The van der Waals surface area contributed by atoms with E-state index >= 15 is 0 Å². The second-order valence-electron chi connectivity index (χ2n) is 2.14. The highest BCUT2D eigenvalue weighted by atomic mass is 32.1. The summed E-state index contributed by atoms with van der Waals surface area (Å²) in [5.41, 5.74) is 0. The van der Waals surface area contributed by atoms with E-state index in [-0.39, 0.29) is 0 Å².